The molecule has 2 N–H and O–H groups in total. The predicted octanol–water partition coefficient (Wildman–Crippen LogP) is 4.25. The molecular weight excluding hydrogens is 356 g/mol. The van der Waals surface area contributed by atoms with Gasteiger partial charge in [0.15, 0.2) is 0 Å². The minimum Gasteiger partial charge on any atom is -0.494 e. The Labute approximate surface area is 166 Å². The zero-order valence-electron chi connectivity index (χ0n) is 16.0. The zero-order valence-corrected chi connectivity index (χ0v) is 16.0. The Morgan fingerprint density at radius 2 is 1.54 bits per heavy atom. The predicted molar refractivity (Wildman–Crippen MR) is 109 cm³/mol. The van der Waals surface area contributed by atoms with E-state index in [2.05, 4.69) is 0 Å². The standard InChI is InChI=1S/C23H28O5/c24-20(13-16-23(25)26)8-6-7-19-11-14-22(15-12-19)28-18-5-4-17-27-21-9-2-1-3-10-21/h1-3,6,8-12,14-15,20,24H,4-5,7,13,16-18H2,(H,25,26)/b8-6-/t20-/m0/s1. The number of hydrogen-bond donors (Lipinski definition) is 2. The monoisotopic (exact) mass is 384 g/mol. The third-order valence-electron chi connectivity index (χ3n) is 4.11. The van der Waals surface area contributed by atoms with E-state index in [1.54, 1.807) is 6.08 Å². The Kier molecular flexibility index (Phi) is 9.66. The summed E-state index contributed by atoms with van der Waals surface area (Å²) in [6.45, 7) is 1.32. The molecule has 5 nitrogen and oxygen atoms in total. The van der Waals surface area contributed by atoms with Crippen LogP contribution in [-0.4, -0.2) is 35.5 Å². The van der Waals surface area contributed by atoms with E-state index in [1.165, 1.54) is 0 Å². The summed E-state index contributed by atoms with van der Waals surface area (Å²) in [6.07, 6.45) is 5.52. The molecule has 0 unspecified atom stereocenters. The lowest BCUT2D eigenvalue weighted by atomic mass is 10.1. The highest BCUT2D eigenvalue weighted by molar-refractivity contribution is 5.66. The second kappa shape index (κ2) is 12.6. The first-order valence-corrected chi connectivity index (χ1v) is 9.59. The molecule has 0 bridgehead atoms. The van der Waals surface area contributed by atoms with Gasteiger partial charge < -0.3 is 19.7 Å². The van der Waals surface area contributed by atoms with Crippen molar-refractivity contribution < 1.29 is 24.5 Å². The molecule has 28 heavy (non-hydrogen) atoms. The van der Waals surface area contributed by atoms with E-state index in [4.69, 9.17) is 14.6 Å². The van der Waals surface area contributed by atoms with Crippen molar-refractivity contribution in [2.75, 3.05) is 13.2 Å². The van der Waals surface area contributed by atoms with Crippen molar-refractivity contribution in [1.82, 2.24) is 0 Å². The first kappa shape index (κ1) is 21.5. The Hall–Kier alpha value is -2.79. The Balaban J connectivity index is 1.58. The smallest absolute Gasteiger partial charge is 0.303 e. The van der Waals surface area contributed by atoms with Gasteiger partial charge in [-0.1, -0.05) is 42.5 Å². The Morgan fingerprint density at radius 1 is 0.929 bits per heavy atom. The van der Waals surface area contributed by atoms with Crippen LogP contribution in [0.15, 0.2) is 66.7 Å². The van der Waals surface area contributed by atoms with Crippen molar-refractivity contribution in [2.45, 2.75) is 38.2 Å². The average molecular weight is 384 g/mol. The summed E-state index contributed by atoms with van der Waals surface area (Å²) in [7, 11) is 0. The molecule has 0 amide bonds. The fourth-order valence-electron chi connectivity index (χ4n) is 2.55. The van der Waals surface area contributed by atoms with Gasteiger partial charge in [0.25, 0.3) is 0 Å². The van der Waals surface area contributed by atoms with Gasteiger partial charge in [0.1, 0.15) is 11.5 Å². The lowest BCUT2D eigenvalue weighted by Gasteiger charge is -2.08. The van der Waals surface area contributed by atoms with Crippen LogP contribution in [0.1, 0.15) is 31.2 Å². The lowest BCUT2D eigenvalue weighted by molar-refractivity contribution is -0.137. The molecule has 2 aromatic carbocycles. The topological polar surface area (TPSA) is 76.0 Å². The number of unbranched alkanes of at least 4 members (excludes halogenated alkanes) is 1. The largest absolute Gasteiger partial charge is 0.494 e. The van der Waals surface area contributed by atoms with E-state index in [1.807, 2.05) is 60.7 Å². The summed E-state index contributed by atoms with van der Waals surface area (Å²) in [6, 6.07) is 17.6. The van der Waals surface area contributed by atoms with E-state index >= 15 is 0 Å². The molecule has 0 saturated carbocycles. The van der Waals surface area contributed by atoms with Crippen LogP contribution in [0.4, 0.5) is 0 Å². The maximum Gasteiger partial charge on any atom is 0.303 e. The summed E-state index contributed by atoms with van der Waals surface area (Å²) in [4.78, 5) is 10.5. The molecule has 150 valence electrons. The fraction of sp³-hybridized carbons (Fsp3) is 0.348. The first-order valence-electron chi connectivity index (χ1n) is 9.59. The number of aliphatic carboxylic acids is 1. The number of rotatable bonds is 13. The molecule has 0 spiro atoms. The highest BCUT2D eigenvalue weighted by atomic mass is 16.5. The second-order valence-corrected chi connectivity index (χ2v) is 6.49. The summed E-state index contributed by atoms with van der Waals surface area (Å²) in [5.41, 5.74) is 1.10. The van der Waals surface area contributed by atoms with Crippen LogP contribution >= 0.6 is 0 Å². The molecule has 0 fully saturated rings. The van der Waals surface area contributed by atoms with Gasteiger partial charge in [0.2, 0.25) is 0 Å². The molecule has 0 aliphatic carbocycles. The van der Waals surface area contributed by atoms with Gasteiger partial charge in [0.05, 0.1) is 19.3 Å². The van der Waals surface area contributed by atoms with Crippen molar-refractivity contribution in [3.63, 3.8) is 0 Å². The SMILES string of the molecule is O=C(O)CC[C@@H](O)/C=C\Cc1ccc(OCCCCOc2ccccc2)cc1. The number of allylic oxidation sites excluding steroid dienone is 1. The minimum absolute atomic E-state index is 0.0318. The molecule has 2 aromatic rings. The van der Waals surface area contributed by atoms with E-state index in [0.717, 1.165) is 29.9 Å². The maximum atomic E-state index is 10.5. The van der Waals surface area contributed by atoms with Gasteiger partial charge in [-0.3, -0.25) is 4.79 Å². The van der Waals surface area contributed by atoms with Gasteiger partial charge in [0, 0.05) is 6.42 Å². The first-order chi connectivity index (χ1) is 13.6. The molecule has 0 aliphatic heterocycles. The van der Waals surface area contributed by atoms with Gasteiger partial charge in [-0.15, -0.1) is 0 Å². The molecule has 5 heteroatoms. The maximum absolute atomic E-state index is 10.5. The number of carbonyl (C=O) groups is 1. The van der Waals surface area contributed by atoms with Crippen LogP contribution in [0.25, 0.3) is 0 Å². The average Bonchev–Trinajstić information content (AvgIpc) is 2.71. The quantitative estimate of drug-likeness (QED) is 0.399. The third-order valence-corrected chi connectivity index (χ3v) is 4.11. The van der Waals surface area contributed by atoms with Crippen LogP contribution in [0.2, 0.25) is 0 Å². The van der Waals surface area contributed by atoms with Crippen LogP contribution in [0, 0.1) is 0 Å². The molecule has 1 atom stereocenters. The highest BCUT2D eigenvalue weighted by Gasteiger charge is 2.03. The van der Waals surface area contributed by atoms with Crippen LogP contribution in [0.3, 0.4) is 0 Å². The summed E-state index contributed by atoms with van der Waals surface area (Å²) >= 11 is 0. The highest BCUT2D eigenvalue weighted by Crippen LogP contribution is 2.14. The van der Waals surface area contributed by atoms with E-state index in [-0.39, 0.29) is 12.8 Å². The molecule has 0 aliphatic rings. The molecule has 0 heterocycles. The number of hydrogen-bond acceptors (Lipinski definition) is 4. The molecule has 2 rings (SSSR count). The number of ether oxygens (including phenoxy) is 2. The van der Waals surface area contributed by atoms with Crippen LogP contribution in [-0.2, 0) is 11.2 Å². The number of carboxylic acid groups (broad SMARTS) is 1. The minimum atomic E-state index is -0.897. The number of aliphatic hydroxyl groups is 1. The number of benzene rings is 2. The lowest BCUT2D eigenvalue weighted by Crippen LogP contribution is -2.06. The molecular formula is C23H28O5. The zero-order chi connectivity index (χ0) is 20.0. The summed E-state index contributed by atoms with van der Waals surface area (Å²) in [5.74, 6) is 0.826. The van der Waals surface area contributed by atoms with Crippen LogP contribution < -0.4 is 9.47 Å². The van der Waals surface area contributed by atoms with E-state index in [0.29, 0.717) is 19.6 Å². The van der Waals surface area contributed by atoms with Gasteiger partial charge in [-0.2, -0.15) is 0 Å². The summed E-state index contributed by atoms with van der Waals surface area (Å²) in [5, 5.41) is 18.3. The van der Waals surface area contributed by atoms with Crippen molar-refractivity contribution in [3.05, 3.63) is 72.3 Å². The Morgan fingerprint density at radius 3 is 2.14 bits per heavy atom. The van der Waals surface area contributed by atoms with E-state index < -0.39 is 12.1 Å². The van der Waals surface area contributed by atoms with Crippen LogP contribution in [0.5, 0.6) is 11.5 Å². The van der Waals surface area contributed by atoms with E-state index in [9.17, 15) is 9.90 Å². The number of para-hydroxylation sites is 1. The molecule has 0 aromatic heterocycles. The van der Waals surface area contributed by atoms with Crippen molar-refractivity contribution in [1.29, 1.82) is 0 Å². The summed E-state index contributed by atoms with van der Waals surface area (Å²) < 4.78 is 11.4. The second-order valence-electron chi connectivity index (χ2n) is 6.49. The Bertz CT molecular complexity index is 710. The van der Waals surface area contributed by atoms with Gasteiger partial charge >= 0.3 is 5.97 Å². The third kappa shape index (κ3) is 9.24. The molecule has 0 saturated heterocycles. The number of carboxylic acids is 1. The van der Waals surface area contributed by atoms with Crippen molar-refractivity contribution >= 4 is 5.97 Å². The number of aliphatic hydroxyl groups excluding tert-OH is 1. The van der Waals surface area contributed by atoms with Gasteiger partial charge in [-0.25, -0.2) is 0 Å². The van der Waals surface area contributed by atoms with Crippen molar-refractivity contribution in [2.24, 2.45) is 0 Å². The fourth-order valence-corrected chi connectivity index (χ4v) is 2.55. The molecule has 0 radical (unpaired) electrons. The normalized spacial score (nSPS) is 12.0. The van der Waals surface area contributed by atoms with Gasteiger partial charge in [-0.05, 0) is 55.5 Å². The van der Waals surface area contributed by atoms with Crippen molar-refractivity contribution in [3.8, 4) is 11.5 Å².